The van der Waals surface area contributed by atoms with Crippen LogP contribution in [0.2, 0.25) is 0 Å². The number of hydrogen-bond donors (Lipinski definition) is 1. The van der Waals surface area contributed by atoms with E-state index in [-0.39, 0.29) is 0 Å². The van der Waals surface area contributed by atoms with Crippen LogP contribution in [0.5, 0.6) is 0 Å². The van der Waals surface area contributed by atoms with Gasteiger partial charge < -0.3 is 10.3 Å². The second kappa shape index (κ2) is 7.40. The molecule has 2 aromatic heterocycles. The van der Waals surface area contributed by atoms with E-state index < -0.39 is 0 Å². The number of nitrogens with zero attached hydrogens (tertiary/aromatic N) is 2. The monoisotopic (exact) mass is 279 g/mol. The molecule has 1 atom stereocenters. The Morgan fingerprint density at radius 3 is 3.00 bits per heavy atom. The van der Waals surface area contributed by atoms with Gasteiger partial charge in [-0.05, 0) is 36.8 Å². The molecule has 0 aliphatic rings. The lowest BCUT2D eigenvalue weighted by atomic mass is 9.97. The van der Waals surface area contributed by atoms with E-state index >= 15 is 0 Å². The Morgan fingerprint density at radius 2 is 2.32 bits per heavy atom. The fourth-order valence-electron chi connectivity index (χ4n) is 2.15. The summed E-state index contributed by atoms with van der Waals surface area (Å²) >= 11 is 1.72. The Morgan fingerprint density at radius 1 is 1.42 bits per heavy atom. The van der Waals surface area contributed by atoms with Crippen molar-refractivity contribution in [3.05, 3.63) is 34.1 Å². The van der Waals surface area contributed by atoms with Crippen molar-refractivity contribution in [2.24, 2.45) is 11.7 Å². The summed E-state index contributed by atoms with van der Waals surface area (Å²) in [6.07, 6.45) is 4.94. The number of thiophene rings is 1. The zero-order valence-electron chi connectivity index (χ0n) is 11.3. The number of hydrogen-bond acceptors (Lipinski definition) is 5. The van der Waals surface area contributed by atoms with E-state index in [1.807, 2.05) is 6.07 Å². The van der Waals surface area contributed by atoms with E-state index in [9.17, 15) is 0 Å². The molecule has 2 N–H and O–H groups in total. The largest absolute Gasteiger partial charge is 0.339 e. The molecule has 0 saturated heterocycles. The van der Waals surface area contributed by atoms with Crippen molar-refractivity contribution in [1.29, 1.82) is 0 Å². The van der Waals surface area contributed by atoms with E-state index in [2.05, 4.69) is 28.5 Å². The van der Waals surface area contributed by atoms with Crippen molar-refractivity contribution in [3.8, 4) is 0 Å². The third kappa shape index (κ3) is 4.44. The molecule has 5 heteroatoms. The zero-order valence-corrected chi connectivity index (χ0v) is 12.2. The molecule has 0 aromatic carbocycles. The molecular weight excluding hydrogens is 258 g/mol. The standard InChI is InChI=1S/C14H21N3OS/c1-2-11(7-8-15)5-6-14-16-13(17-18-14)10-12-4-3-9-19-12/h3-4,9,11H,2,5-8,10,15H2,1H3. The lowest BCUT2D eigenvalue weighted by Gasteiger charge is -2.11. The van der Waals surface area contributed by atoms with Crippen LogP contribution in [0, 0.1) is 5.92 Å². The fourth-order valence-corrected chi connectivity index (χ4v) is 2.85. The second-order valence-corrected chi connectivity index (χ2v) is 5.78. The first-order chi connectivity index (χ1) is 9.31. The van der Waals surface area contributed by atoms with Crippen LogP contribution >= 0.6 is 11.3 Å². The van der Waals surface area contributed by atoms with Crippen molar-refractivity contribution >= 4 is 11.3 Å². The lowest BCUT2D eigenvalue weighted by molar-refractivity contribution is 0.351. The summed E-state index contributed by atoms with van der Waals surface area (Å²) in [6, 6.07) is 4.13. The molecule has 0 bridgehead atoms. The Hall–Kier alpha value is -1.20. The van der Waals surface area contributed by atoms with Gasteiger partial charge in [-0.2, -0.15) is 4.98 Å². The highest BCUT2D eigenvalue weighted by Crippen LogP contribution is 2.17. The predicted molar refractivity (Wildman–Crippen MR) is 77.2 cm³/mol. The second-order valence-electron chi connectivity index (χ2n) is 4.75. The summed E-state index contributed by atoms with van der Waals surface area (Å²) in [5.41, 5.74) is 5.60. The minimum absolute atomic E-state index is 0.664. The number of rotatable bonds is 8. The van der Waals surface area contributed by atoms with E-state index in [0.29, 0.717) is 5.92 Å². The van der Waals surface area contributed by atoms with Gasteiger partial charge in [-0.1, -0.05) is 24.6 Å². The molecule has 0 aliphatic carbocycles. The normalized spacial score (nSPS) is 12.7. The molecule has 0 aliphatic heterocycles. The minimum Gasteiger partial charge on any atom is -0.339 e. The van der Waals surface area contributed by atoms with Crippen molar-refractivity contribution in [3.63, 3.8) is 0 Å². The van der Waals surface area contributed by atoms with Gasteiger partial charge in [0.05, 0.1) is 0 Å². The van der Waals surface area contributed by atoms with Gasteiger partial charge in [0.2, 0.25) is 5.89 Å². The average molecular weight is 279 g/mol. The molecule has 0 spiro atoms. The maximum Gasteiger partial charge on any atom is 0.226 e. The summed E-state index contributed by atoms with van der Waals surface area (Å²) in [6.45, 7) is 2.96. The highest BCUT2D eigenvalue weighted by atomic mass is 32.1. The fraction of sp³-hybridized carbons (Fsp3) is 0.571. The summed E-state index contributed by atoms with van der Waals surface area (Å²) in [5.74, 6) is 2.20. The van der Waals surface area contributed by atoms with Crippen molar-refractivity contribution in [2.75, 3.05) is 6.54 Å². The van der Waals surface area contributed by atoms with E-state index in [0.717, 1.165) is 50.4 Å². The molecule has 4 nitrogen and oxygen atoms in total. The zero-order chi connectivity index (χ0) is 13.5. The first-order valence-corrected chi connectivity index (χ1v) is 7.73. The number of aryl methyl sites for hydroxylation is 1. The molecule has 0 amide bonds. The maximum absolute atomic E-state index is 5.60. The summed E-state index contributed by atoms with van der Waals surface area (Å²) in [7, 11) is 0. The summed E-state index contributed by atoms with van der Waals surface area (Å²) in [4.78, 5) is 5.71. The summed E-state index contributed by atoms with van der Waals surface area (Å²) in [5, 5.41) is 6.10. The van der Waals surface area contributed by atoms with Gasteiger partial charge >= 0.3 is 0 Å². The Kier molecular flexibility index (Phi) is 5.54. The van der Waals surface area contributed by atoms with Gasteiger partial charge in [0.15, 0.2) is 5.82 Å². The molecule has 0 fully saturated rings. The highest BCUT2D eigenvalue weighted by molar-refractivity contribution is 7.09. The smallest absolute Gasteiger partial charge is 0.226 e. The third-order valence-electron chi connectivity index (χ3n) is 3.34. The Bertz CT molecular complexity index is 467. The molecule has 2 heterocycles. The van der Waals surface area contributed by atoms with Crippen molar-refractivity contribution in [2.45, 2.75) is 39.0 Å². The maximum atomic E-state index is 5.60. The van der Waals surface area contributed by atoms with Crippen LogP contribution in [0.15, 0.2) is 22.0 Å². The molecule has 2 aromatic rings. The van der Waals surface area contributed by atoms with E-state index in [4.69, 9.17) is 10.3 Å². The van der Waals surface area contributed by atoms with Crippen LogP contribution in [0.25, 0.3) is 0 Å². The Balaban J connectivity index is 1.83. The van der Waals surface area contributed by atoms with Crippen LogP contribution in [0.4, 0.5) is 0 Å². The van der Waals surface area contributed by atoms with Gasteiger partial charge in [-0.25, -0.2) is 0 Å². The molecule has 0 saturated carbocycles. The third-order valence-corrected chi connectivity index (χ3v) is 4.22. The van der Waals surface area contributed by atoms with Crippen molar-refractivity contribution in [1.82, 2.24) is 10.1 Å². The van der Waals surface area contributed by atoms with Crippen LogP contribution in [0.1, 0.15) is 42.8 Å². The molecule has 104 valence electrons. The highest BCUT2D eigenvalue weighted by Gasteiger charge is 2.11. The SMILES string of the molecule is CCC(CCN)CCc1nc(Cc2cccs2)no1. The van der Waals surface area contributed by atoms with E-state index in [1.165, 1.54) is 4.88 Å². The summed E-state index contributed by atoms with van der Waals surface area (Å²) < 4.78 is 5.30. The first-order valence-electron chi connectivity index (χ1n) is 6.85. The van der Waals surface area contributed by atoms with Crippen LogP contribution in [-0.4, -0.2) is 16.7 Å². The topological polar surface area (TPSA) is 64.9 Å². The van der Waals surface area contributed by atoms with E-state index in [1.54, 1.807) is 11.3 Å². The van der Waals surface area contributed by atoms with Crippen LogP contribution in [0.3, 0.4) is 0 Å². The van der Waals surface area contributed by atoms with Gasteiger partial charge in [0, 0.05) is 17.7 Å². The average Bonchev–Trinajstić information content (AvgIpc) is 3.07. The lowest BCUT2D eigenvalue weighted by Crippen LogP contribution is -2.09. The molecule has 1 unspecified atom stereocenters. The number of nitrogens with two attached hydrogens (primary N) is 1. The van der Waals surface area contributed by atoms with Crippen molar-refractivity contribution < 1.29 is 4.52 Å². The number of aromatic nitrogens is 2. The van der Waals surface area contributed by atoms with Gasteiger partial charge in [0.25, 0.3) is 0 Å². The molecule has 0 radical (unpaired) electrons. The van der Waals surface area contributed by atoms with Gasteiger partial charge in [-0.3, -0.25) is 0 Å². The molecule has 19 heavy (non-hydrogen) atoms. The van der Waals surface area contributed by atoms with Crippen LogP contribution < -0.4 is 5.73 Å². The van der Waals surface area contributed by atoms with Gasteiger partial charge in [0.1, 0.15) is 0 Å². The molecular formula is C14H21N3OS. The quantitative estimate of drug-likeness (QED) is 0.806. The minimum atomic E-state index is 0.664. The first kappa shape index (κ1) is 14.2. The van der Waals surface area contributed by atoms with Gasteiger partial charge in [-0.15, -0.1) is 11.3 Å². The predicted octanol–water partition coefficient (Wildman–Crippen LogP) is 3.03. The Labute approximate surface area is 118 Å². The molecule has 2 rings (SSSR count). The van der Waals surface area contributed by atoms with Crippen LogP contribution in [-0.2, 0) is 12.8 Å².